The van der Waals surface area contributed by atoms with Crippen LogP contribution in [0.3, 0.4) is 0 Å². The van der Waals surface area contributed by atoms with E-state index in [0.717, 1.165) is 16.0 Å². The number of nitrogens with zero attached hydrogens (tertiary/aromatic N) is 1. The van der Waals surface area contributed by atoms with Crippen LogP contribution in [0.2, 0.25) is 6.82 Å². The van der Waals surface area contributed by atoms with Gasteiger partial charge in [0.15, 0.2) is 0 Å². The maximum absolute atomic E-state index is 13.0. The Kier molecular flexibility index (Phi) is 12.4. The summed E-state index contributed by atoms with van der Waals surface area (Å²) in [5.74, 6) is -0.989. The minimum absolute atomic E-state index is 0.0209. The molecule has 0 aliphatic heterocycles. The number of carbonyl (C=O) groups excluding carboxylic acids is 2. The number of carbonyl (C=O) groups is 2. The number of sulfonamides is 1. The van der Waals surface area contributed by atoms with E-state index in [4.69, 9.17) is 4.74 Å². The van der Waals surface area contributed by atoms with Crippen molar-refractivity contribution in [2.75, 3.05) is 13.0 Å². The number of rotatable bonds is 13. The first-order valence-corrected chi connectivity index (χ1v) is 16.0. The molecule has 1 aromatic heterocycles. The van der Waals surface area contributed by atoms with Crippen molar-refractivity contribution >= 4 is 53.4 Å². The van der Waals surface area contributed by atoms with E-state index in [1.807, 2.05) is 24.3 Å². The molecule has 0 spiro atoms. The van der Waals surface area contributed by atoms with Gasteiger partial charge < -0.3 is 10.1 Å². The Morgan fingerprint density at radius 3 is 2.32 bits per heavy atom. The van der Waals surface area contributed by atoms with Gasteiger partial charge in [-0.15, -0.1) is 0 Å². The summed E-state index contributed by atoms with van der Waals surface area (Å²) in [5, 5.41) is 18.0. The fraction of sp³-hybridized carbons (Fsp3) is 0.321. The van der Waals surface area contributed by atoms with Crippen LogP contribution in [0.4, 0.5) is 0 Å². The van der Waals surface area contributed by atoms with E-state index in [-0.39, 0.29) is 17.9 Å². The van der Waals surface area contributed by atoms with Crippen molar-refractivity contribution in [1.82, 2.24) is 20.7 Å². The number of thiophene rings is 1. The number of esters is 1. The number of hydrogen-bond acceptors (Lipinski definition) is 9. The van der Waals surface area contributed by atoms with Crippen LogP contribution in [0.1, 0.15) is 36.0 Å². The molecule has 12 nitrogen and oxygen atoms in total. The van der Waals surface area contributed by atoms with E-state index in [0.29, 0.717) is 24.5 Å². The molecule has 0 aliphatic rings. The molecule has 1 atom stereocenters. The fourth-order valence-electron chi connectivity index (χ4n) is 3.75. The number of ether oxygens (including phenoxy) is 1. The number of hydrogen-bond donors (Lipinski definition) is 5. The third-order valence-electron chi connectivity index (χ3n) is 5.71. The monoisotopic (exact) mass is 639 g/mol. The van der Waals surface area contributed by atoms with Gasteiger partial charge in [0.2, 0.25) is 10.0 Å². The summed E-state index contributed by atoms with van der Waals surface area (Å²) in [4.78, 5) is 31.0. The van der Waals surface area contributed by atoms with Gasteiger partial charge in [0.05, 0.1) is 4.90 Å². The van der Waals surface area contributed by atoms with Crippen molar-refractivity contribution in [3.05, 3.63) is 77.2 Å². The molecule has 1 unspecified atom stereocenters. The molecule has 232 valence electrons. The van der Waals surface area contributed by atoms with Crippen LogP contribution in [-0.4, -0.2) is 70.1 Å². The summed E-state index contributed by atoms with van der Waals surface area (Å²) >= 11 is 1.24. The number of guanidine groups is 1. The normalized spacial score (nSPS) is 12.5. The van der Waals surface area contributed by atoms with Gasteiger partial charge in [-0.3, -0.25) is 9.59 Å². The molecule has 0 aliphatic carbocycles. The zero-order chi connectivity index (χ0) is 32.3. The summed E-state index contributed by atoms with van der Waals surface area (Å²) in [6, 6.07) is 17.3. The number of nitrogens with one attached hydrogen (secondary N) is 4. The van der Waals surface area contributed by atoms with Gasteiger partial charge in [-0.1, -0.05) is 18.2 Å². The summed E-state index contributed by atoms with van der Waals surface area (Å²) in [7, 11) is -4.31. The van der Waals surface area contributed by atoms with Crippen molar-refractivity contribution in [3.8, 4) is 10.4 Å². The quantitative estimate of drug-likeness (QED) is 0.0811. The van der Waals surface area contributed by atoms with Gasteiger partial charge in [-0.2, -0.15) is 4.72 Å². The van der Waals surface area contributed by atoms with E-state index in [2.05, 4.69) is 25.6 Å². The van der Waals surface area contributed by atoms with Gasteiger partial charge in [0, 0.05) is 6.54 Å². The molecule has 2 aromatic carbocycles. The number of benzene rings is 2. The fourth-order valence-corrected chi connectivity index (χ4v) is 5.88. The first kappa shape index (κ1) is 34.6. The van der Waals surface area contributed by atoms with Crippen LogP contribution in [0.25, 0.3) is 10.4 Å². The zero-order valence-corrected chi connectivity index (χ0v) is 26.5. The van der Waals surface area contributed by atoms with E-state index in [1.165, 1.54) is 30.3 Å². The van der Waals surface area contributed by atoms with Gasteiger partial charge in [-0.05, 0) is 32.9 Å². The SMILES string of the molecule is CB(O)/N=C(\NCB=O)NCc1ccc(-c2ccc(C(=O)NCC(NS(=O)(=O)c3ccccc3)C(=O)OC(C)(C)C)s2)cc1. The Balaban J connectivity index is 1.66. The molecule has 3 rings (SSSR count). The molecule has 1 heterocycles. The Morgan fingerprint density at radius 2 is 1.70 bits per heavy atom. The van der Waals surface area contributed by atoms with Crippen LogP contribution in [-0.2, 0) is 30.8 Å². The molecule has 44 heavy (non-hydrogen) atoms. The van der Waals surface area contributed by atoms with Crippen LogP contribution in [0.5, 0.6) is 0 Å². The van der Waals surface area contributed by atoms with Gasteiger partial charge in [0.1, 0.15) is 11.6 Å². The van der Waals surface area contributed by atoms with Crippen LogP contribution < -0.4 is 20.7 Å². The van der Waals surface area contributed by atoms with Crippen molar-refractivity contribution in [1.29, 1.82) is 0 Å². The summed E-state index contributed by atoms with van der Waals surface area (Å²) < 4.78 is 44.2. The number of amides is 1. The van der Waals surface area contributed by atoms with Crippen molar-refractivity contribution in [2.45, 2.75) is 50.7 Å². The van der Waals surface area contributed by atoms with Crippen molar-refractivity contribution in [2.24, 2.45) is 4.90 Å². The van der Waals surface area contributed by atoms with E-state index in [9.17, 15) is 27.7 Å². The average molecular weight is 639 g/mol. The molecule has 0 fully saturated rings. The van der Waals surface area contributed by atoms with E-state index in [1.54, 1.807) is 51.1 Å². The van der Waals surface area contributed by atoms with E-state index >= 15 is 0 Å². The molecule has 0 saturated heterocycles. The average Bonchev–Trinajstić information content (AvgIpc) is 3.47. The third-order valence-corrected chi connectivity index (χ3v) is 8.33. The summed E-state index contributed by atoms with van der Waals surface area (Å²) in [5.41, 5.74) is 0.921. The Labute approximate surface area is 262 Å². The summed E-state index contributed by atoms with van der Waals surface area (Å²) in [6.07, 6.45) is 0.0523. The molecule has 0 bridgehead atoms. The Hall–Kier alpha value is -3.85. The molecule has 0 saturated carbocycles. The standard InChI is InChI=1S/C28H35B2N5O7S2/c1-28(2,3)42-26(37)22(35-44(40,41)21-8-6-5-7-9-21)17-31-25(36)24-15-14-23(43-24)20-12-10-19(11-13-20)16-32-27(33-18-29-38)34-30(4)39/h5-15,22,35,39H,16-18H2,1-4H3,(H,31,36)(H2,32,33,34). The predicted molar refractivity (Wildman–Crippen MR) is 171 cm³/mol. The first-order valence-electron chi connectivity index (χ1n) is 13.7. The van der Waals surface area contributed by atoms with Gasteiger partial charge in [-0.25, -0.2) is 8.42 Å². The topological polar surface area (TPSA) is 175 Å². The molecule has 16 heteroatoms. The molecule has 3 aromatic rings. The molecule has 1 amide bonds. The maximum atomic E-state index is 13.0. The molecule has 0 radical (unpaired) electrons. The second-order valence-corrected chi connectivity index (χ2v) is 13.4. The minimum atomic E-state index is -4.07. The molecular weight excluding hydrogens is 604 g/mol. The molecule has 5 N–H and O–H groups in total. The van der Waals surface area contributed by atoms with Crippen LogP contribution in [0.15, 0.2) is 76.5 Å². The van der Waals surface area contributed by atoms with E-state index < -0.39 is 40.6 Å². The zero-order valence-electron chi connectivity index (χ0n) is 24.9. The second kappa shape index (κ2) is 15.7. The van der Waals surface area contributed by atoms with Crippen LogP contribution in [0, 0.1) is 0 Å². The Morgan fingerprint density at radius 1 is 1.02 bits per heavy atom. The van der Waals surface area contributed by atoms with Crippen molar-refractivity contribution in [3.63, 3.8) is 0 Å². The third kappa shape index (κ3) is 11.0. The Bertz CT molecular complexity index is 1560. The molecular formula is C28H35B2N5O7S2. The van der Waals surface area contributed by atoms with Gasteiger partial charge in [0.25, 0.3) is 5.91 Å². The van der Waals surface area contributed by atoms with Gasteiger partial charge >= 0.3 is 140 Å². The first-order chi connectivity index (χ1) is 20.8. The van der Waals surface area contributed by atoms with Crippen LogP contribution >= 0.6 is 11.3 Å². The second-order valence-electron chi connectivity index (χ2n) is 10.6. The summed E-state index contributed by atoms with van der Waals surface area (Å²) in [6.45, 7) is 6.57. The van der Waals surface area contributed by atoms with Crippen molar-refractivity contribution < 1.29 is 32.5 Å². The predicted octanol–water partition coefficient (Wildman–Crippen LogP) is 1.99.